The number of fused-ring (bicyclic) bond motifs is 1. The molecule has 3 heterocycles. The lowest BCUT2D eigenvalue weighted by molar-refractivity contribution is 0.0602. The molecule has 0 aliphatic carbocycles. The minimum Gasteiger partial charge on any atom is -0.465 e. The molecule has 30 heavy (non-hydrogen) atoms. The van der Waals surface area contributed by atoms with Crippen LogP contribution in [0.15, 0.2) is 18.2 Å². The van der Waals surface area contributed by atoms with E-state index in [1.807, 2.05) is 6.07 Å². The van der Waals surface area contributed by atoms with E-state index in [9.17, 15) is 9.59 Å². The summed E-state index contributed by atoms with van der Waals surface area (Å²) in [5, 5.41) is 13.2. The van der Waals surface area contributed by atoms with Gasteiger partial charge in [0.25, 0.3) is 5.91 Å². The second kappa shape index (κ2) is 10.6. The molecule has 2 aliphatic rings. The van der Waals surface area contributed by atoms with Crippen molar-refractivity contribution in [3.63, 3.8) is 0 Å². The van der Waals surface area contributed by atoms with Crippen molar-refractivity contribution in [3.8, 4) is 0 Å². The number of nitrogens with zero attached hydrogens (tertiary/aromatic N) is 2. The smallest absolute Gasteiger partial charge is 0.340 e. The molecule has 0 atom stereocenters. The highest BCUT2D eigenvalue weighted by atomic mass is 35.5. The first-order valence-corrected chi connectivity index (χ1v) is 9.30. The molecule has 1 aromatic heterocycles. The maximum Gasteiger partial charge on any atom is 0.340 e. The summed E-state index contributed by atoms with van der Waals surface area (Å²) in [7, 11) is 1.32. The Morgan fingerprint density at radius 1 is 1.23 bits per heavy atom. The first-order chi connectivity index (χ1) is 13.7. The molecule has 1 saturated heterocycles. The van der Waals surface area contributed by atoms with Gasteiger partial charge in [-0.05, 0) is 18.2 Å². The minimum atomic E-state index is -0.504. The number of H-pyrrole nitrogens is 1. The van der Waals surface area contributed by atoms with Crippen LogP contribution in [0, 0.1) is 0 Å². The van der Waals surface area contributed by atoms with Gasteiger partial charge >= 0.3 is 5.97 Å². The third kappa shape index (κ3) is 4.86. The second-order valence-electron chi connectivity index (χ2n) is 6.73. The lowest BCUT2D eigenvalue weighted by Crippen LogP contribution is -2.36. The number of nitrogens with one attached hydrogen (secondary N) is 3. The molecule has 164 valence electrons. The summed E-state index contributed by atoms with van der Waals surface area (Å²) in [6, 6.07) is 5.36. The molecule has 2 aromatic rings. The van der Waals surface area contributed by atoms with E-state index in [1.165, 1.54) is 7.11 Å². The molecule has 2 aliphatic heterocycles. The summed E-state index contributed by atoms with van der Waals surface area (Å²) in [6.45, 7) is 4.23. The molecule has 1 amide bonds. The molecule has 0 radical (unpaired) electrons. The SMILES string of the molecule is COC(=O)c1cc(N2CCOCC2)ccc1NC(=O)c1n[nH]c2c1CNCC2.Cl.Cl. The first-order valence-electron chi connectivity index (χ1n) is 9.30. The van der Waals surface area contributed by atoms with Crippen LogP contribution in [0.1, 0.15) is 32.1 Å². The number of rotatable bonds is 4. The number of hydrogen-bond acceptors (Lipinski definition) is 7. The number of esters is 1. The zero-order valence-electron chi connectivity index (χ0n) is 16.5. The van der Waals surface area contributed by atoms with Crippen molar-refractivity contribution in [3.05, 3.63) is 40.7 Å². The minimum absolute atomic E-state index is 0. The van der Waals surface area contributed by atoms with Gasteiger partial charge in [0.05, 0.1) is 31.6 Å². The summed E-state index contributed by atoms with van der Waals surface area (Å²) >= 11 is 0. The van der Waals surface area contributed by atoms with Crippen LogP contribution < -0.4 is 15.5 Å². The number of aromatic nitrogens is 2. The van der Waals surface area contributed by atoms with Gasteiger partial charge in [-0.2, -0.15) is 5.10 Å². The molecule has 0 bridgehead atoms. The summed E-state index contributed by atoms with van der Waals surface area (Å²) in [5.41, 5.74) is 3.78. The van der Waals surface area contributed by atoms with Crippen LogP contribution in [0.2, 0.25) is 0 Å². The Morgan fingerprint density at radius 2 is 2.00 bits per heavy atom. The molecule has 1 fully saturated rings. The Kier molecular flexibility index (Phi) is 8.48. The number of morpholine rings is 1. The Hall–Kier alpha value is -2.33. The number of carbonyl (C=O) groups excluding carboxylic acids is 2. The van der Waals surface area contributed by atoms with Gasteiger partial charge in [-0.3, -0.25) is 9.89 Å². The summed E-state index contributed by atoms with van der Waals surface area (Å²) in [6.07, 6.45) is 0.803. The summed E-state index contributed by atoms with van der Waals surface area (Å²) in [4.78, 5) is 27.3. The van der Waals surface area contributed by atoms with E-state index in [0.717, 1.165) is 43.0 Å². The first kappa shape index (κ1) is 23.9. The Labute approximate surface area is 186 Å². The van der Waals surface area contributed by atoms with E-state index in [1.54, 1.807) is 12.1 Å². The van der Waals surface area contributed by atoms with Gasteiger partial charge in [0.2, 0.25) is 0 Å². The maximum absolute atomic E-state index is 12.8. The molecule has 0 unspecified atom stereocenters. The standard InChI is InChI=1S/C19H23N5O4.2ClH/c1-27-19(26)13-10-12(24-6-8-28-9-7-24)2-3-15(13)21-18(25)17-14-11-20-5-4-16(14)22-23-17;;/h2-3,10,20H,4-9,11H2,1H3,(H,21,25)(H,22,23);2*1H. The van der Waals surface area contributed by atoms with Crippen molar-refractivity contribution in [1.82, 2.24) is 15.5 Å². The topological polar surface area (TPSA) is 109 Å². The second-order valence-corrected chi connectivity index (χ2v) is 6.73. The van der Waals surface area contributed by atoms with Gasteiger partial charge in [-0.25, -0.2) is 4.79 Å². The number of ether oxygens (including phenoxy) is 2. The number of amides is 1. The van der Waals surface area contributed by atoms with Crippen LogP contribution in [0.3, 0.4) is 0 Å². The highest BCUT2D eigenvalue weighted by Gasteiger charge is 2.24. The van der Waals surface area contributed by atoms with Gasteiger partial charge in [0.1, 0.15) is 0 Å². The average Bonchev–Trinajstić information content (AvgIpc) is 3.18. The van der Waals surface area contributed by atoms with Crippen LogP contribution >= 0.6 is 24.8 Å². The van der Waals surface area contributed by atoms with Gasteiger partial charge in [-0.1, -0.05) is 0 Å². The number of methoxy groups -OCH3 is 1. The maximum atomic E-state index is 12.8. The number of carbonyl (C=O) groups is 2. The van der Waals surface area contributed by atoms with E-state index < -0.39 is 5.97 Å². The van der Waals surface area contributed by atoms with Gasteiger partial charge < -0.3 is 25.0 Å². The van der Waals surface area contributed by atoms with Crippen molar-refractivity contribution >= 4 is 48.1 Å². The van der Waals surface area contributed by atoms with Gasteiger partial charge in [0.15, 0.2) is 5.69 Å². The Bertz CT molecular complexity index is 899. The Balaban J connectivity index is 0.00000160. The third-order valence-electron chi connectivity index (χ3n) is 5.05. The molecule has 1 aromatic carbocycles. The zero-order chi connectivity index (χ0) is 19.5. The van der Waals surface area contributed by atoms with Crippen molar-refractivity contribution in [2.24, 2.45) is 0 Å². The molecule has 9 nitrogen and oxygen atoms in total. The van der Waals surface area contributed by atoms with Crippen molar-refractivity contribution in [1.29, 1.82) is 0 Å². The molecule has 3 N–H and O–H groups in total. The summed E-state index contributed by atoms with van der Waals surface area (Å²) < 4.78 is 10.3. The van der Waals surface area contributed by atoms with Crippen LogP contribution in [0.4, 0.5) is 11.4 Å². The largest absolute Gasteiger partial charge is 0.465 e. The number of aromatic amines is 1. The molecule has 4 rings (SSSR count). The van der Waals surface area contributed by atoms with Crippen molar-refractivity contribution in [2.75, 3.05) is 50.2 Å². The fourth-order valence-corrected chi connectivity index (χ4v) is 3.53. The zero-order valence-corrected chi connectivity index (χ0v) is 18.2. The van der Waals surface area contributed by atoms with Crippen molar-refractivity contribution < 1.29 is 19.1 Å². The van der Waals surface area contributed by atoms with Gasteiger partial charge in [0, 0.05) is 49.5 Å². The predicted octanol–water partition coefficient (Wildman–Crippen LogP) is 1.77. The van der Waals surface area contributed by atoms with E-state index in [-0.39, 0.29) is 30.7 Å². The van der Waals surface area contributed by atoms with Crippen molar-refractivity contribution in [2.45, 2.75) is 13.0 Å². The van der Waals surface area contributed by atoms with Gasteiger partial charge in [-0.15, -0.1) is 24.8 Å². The fourth-order valence-electron chi connectivity index (χ4n) is 3.53. The number of benzene rings is 1. The van der Waals surface area contributed by atoms with E-state index >= 15 is 0 Å². The van der Waals surface area contributed by atoms with Crippen LogP contribution in [-0.2, 0) is 22.4 Å². The van der Waals surface area contributed by atoms with E-state index in [0.29, 0.717) is 36.7 Å². The average molecular weight is 458 g/mol. The monoisotopic (exact) mass is 457 g/mol. The number of halogens is 2. The molecule has 0 spiro atoms. The predicted molar refractivity (Wildman–Crippen MR) is 117 cm³/mol. The van der Waals surface area contributed by atoms with Crippen LogP contribution in [0.5, 0.6) is 0 Å². The molecule has 11 heteroatoms. The van der Waals surface area contributed by atoms with Crippen LogP contribution in [0.25, 0.3) is 0 Å². The molecule has 0 saturated carbocycles. The van der Waals surface area contributed by atoms with Crippen LogP contribution in [-0.4, -0.2) is 62.0 Å². The fraction of sp³-hybridized carbons (Fsp3) is 0.421. The Morgan fingerprint density at radius 3 is 2.73 bits per heavy atom. The highest BCUT2D eigenvalue weighted by Crippen LogP contribution is 2.26. The highest BCUT2D eigenvalue weighted by molar-refractivity contribution is 6.08. The normalized spacial score (nSPS) is 15.3. The lowest BCUT2D eigenvalue weighted by atomic mass is 10.1. The quantitative estimate of drug-likeness (QED) is 0.600. The molecular weight excluding hydrogens is 433 g/mol. The lowest BCUT2D eigenvalue weighted by Gasteiger charge is -2.29. The van der Waals surface area contributed by atoms with E-state index in [2.05, 4.69) is 25.7 Å². The van der Waals surface area contributed by atoms with E-state index in [4.69, 9.17) is 9.47 Å². The number of hydrogen-bond donors (Lipinski definition) is 3. The summed E-state index contributed by atoms with van der Waals surface area (Å²) in [5.74, 6) is -0.860. The number of anilines is 2. The third-order valence-corrected chi connectivity index (χ3v) is 5.05. The molecular formula is C19H25Cl2N5O4.